The van der Waals surface area contributed by atoms with Gasteiger partial charge in [-0.1, -0.05) is 34.9 Å². The third-order valence-corrected chi connectivity index (χ3v) is 5.86. The van der Waals surface area contributed by atoms with Crippen molar-refractivity contribution in [2.45, 2.75) is 12.8 Å². The number of aryl methyl sites for hydroxylation is 1. The summed E-state index contributed by atoms with van der Waals surface area (Å²) >= 11 is 5.93. The first kappa shape index (κ1) is 21.1. The summed E-state index contributed by atoms with van der Waals surface area (Å²) < 4.78 is 7.53. The van der Waals surface area contributed by atoms with Gasteiger partial charge in [0.1, 0.15) is 0 Å². The van der Waals surface area contributed by atoms with Crippen molar-refractivity contribution in [3.05, 3.63) is 71.7 Å². The van der Waals surface area contributed by atoms with Crippen LogP contribution in [-0.2, 0) is 11.2 Å². The molecule has 1 fully saturated rings. The number of hydrogen-bond donors (Lipinski definition) is 0. The molecule has 4 aromatic rings. The molecule has 1 saturated heterocycles. The first-order valence-corrected chi connectivity index (χ1v) is 11.1. The van der Waals surface area contributed by atoms with Crippen LogP contribution in [0.1, 0.15) is 12.3 Å². The Balaban J connectivity index is 1.15. The van der Waals surface area contributed by atoms with E-state index < -0.39 is 0 Å². The molecule has 10 heteroatoms. The van der Waals surface area contributed by atoms with Crippen molar-refractivity contribution >= 4 is 23.5 Å². The Morgan fingerprint density at radius 1 is 1.00 bits per heavy atom. The van der Waals surface area contributed by atoms with Crippen LogP contribution in [0.2, 0.25) is 5.02 Å². The zero-order valence-electron chi connectivity index (χ0n) is 17.8. The number of halogens is 1. The van der Waals surface area contributed by atoms with E-state index in [1.165, 1.54) is 0 Å². The van der Waals surface area contributed by atoms with Crippen molar-refractivity contribution in [1.82, 2.24) is 30.1 Å². The highest BCUT2D eigenvalue weighted by molar-refractivity contribution is 6.30. The Kier molecular flexibility index (Phi) is 6.03. The number of benzene rings is 2. The molecule has 0 unspecified atom stereocenters. The molecule has 168 valence electrons. The van der Waals surface area contributed by atoms with Gasteiger partial charge < -0.3 is 14.2 Å². The second kappa shape index (κ2) is 9.41. The molecule has 0 aliphatic carbocycles. The Morgan fingerprint density at radius 2 is 1.76 bits per heavy atom. The summed E-state index contributed by atoms with van der Waals surface area (Å²) in [5.41, 5.74) is 1.80. The van der Waals surface area contributed by atoms with Gasteiger partial charge >= 0.3 is 0 Å². The fraction of sp³-hybridized carbons (Fsp3) is 0.261. The maximum Gasteiger partial charge on any atom is 0.250 e. The fourth-order valence-electron chi connectivity index (χ4n) is 3.82. The van der Waals surface area contributed by atoms with Crippen molar-refractivity contribution in [3.8, 4) is 17.0 Å². The molecule has 3 heterocycles. The molecule has 1 aliphatic heterocycles. The van der Waals surface area contributed by atoms with E-state index in [0.29, 0.717) is 61.6 Å². The molecule has 1 aliphatic rings. The average molecular weight is 464 g/mol. The summed E-state index contributed by atoms with van der Waals surface area (Å²) in [6, 6.07) is 17.1. The summed E-state index contributed by atoms with van der Waals surface area (Å²) in [6.07, 6.45) is 2.49. The molecule has 1 amide bonds. The van der Waals surface area contributed by atoms with Gasteiger partial charge in [0.05, 0.1) is 11.9 Å². The normalized spacial score (nSPS) is 14.0. The van der Waals surface area contributed by atoms with E-state index in [1.54, 1.807) is 23.0 Å². The highest BCUT2D eigenvalue weighted by Gasteiger charge is 2.25. The quantitative estimate of drug-likeness (QED) is 0.433. The molecule has 0 N–H and O–H groups in total. The minimum absolute atomic E-state index is 0.0866. The maximum atomic E-state index is 12.7. The van der Waals surface area contributed by atoms with Crippen LogP contribution in [0.3, 0.4) is 0 Å². The topological polar surface area (TPSA) is 93.2 Å². The lowest BCUT2D eigenvalue weighted by molar-refractivity contribution is -0.131. The molecular weight excluding hydrogens is 442 g/mol. The summed E-state index contributed by atoms with van der Waals surface area (Å²) in [4.78, 5) is 21.0. The van der Waals surface area contributed by atoms with Crippen LogP contribution in [-0.4, -0.2) is 62.2 Å². The van der Waals surface area contributed by atoms with Crippen LogP contribution >= 0.6 is 11.6 Å². The van der Waals surface area contributed by atoms with Crippen LogP contribution in [0.25, 0.3) is 17.0 Å². The molecule has 33 heavy (non-hydrogen) atoms. The number of tetrazole rings is 1. The second-order valence-electron chi connectivity index (χ2n) is 7.72. The van der Waals surface area contributed by atoms with Gasteiger partial charge in [0, 0.05) is 49.6 Å². The number of carbonyl (C=O) groups is 1. The average Bonchev–Trinajstić information content (AvgIpc) is 3.54. The van der Waals surface area contributed by atoms with Crippen LogP contribution in [0.15, 0.2) is 65.2 Å². The molecule has 0 spiro atoms. The van der Waals surface area contributed by atoms with Gasteiger partial charge in [0.25, 0.3) is 0 Å². The van der Waals surface area contributed by atoms with Crippen LogP contribution in [0.4, 0.5) is 5.95 Å². The van der Waals surface area contributed by atoms with Crippen LogP contribution in [0, 0.1) is 0 Å². The standard InChI is InChI=1S/C23H22ClN7O2/c24-18-8-6-17(7-9-18)20-16-25-21(33-20)10-11-22(32)29-12-14-30(15-13-29)23-26-27-28-31(23)19-4-2-1-3-5-19/h1-9,16H,10-15H2. The van der Waals surface area contributed by atoms with E-state index in [2.05, 4.69) is 25.4 Å². The molecular formula is C23H22ClN7O2. The lowest BCUT2D eigenvalue weighted by Gasteiger charge is -2.34. The number of amides is 1. The minimum atomic E-state index is 0.0866. The molecule has 2 aromatic carbocycles. The number of nitrogens with zero attached hydrogens (tertiary/aromatic N) is 7. The van der Waals surface area contributed by atoms with Crippen molar-refractivity contribution in [3.63, 3.8) is 0 Å². The second-order valence-corrected chi connectivity index (χ2v) is 8.16. The number of aromatic nitrogens is 5. The molecule has 0 atom stereocenters. The Hall–Kier alpha value is -3.72. The highest BCUT2D eigenvalue weighted by atomic mass is 35.5. The Bertz CT molecular complexity index is 1220. The number of anilines is 1. The third kappa shape index (κ3) is 4.73. The number of carbonyl (C=O) groups excluding carboxylic acids is 1. The van der Waals surface area contributed by atoms with Gasteiger partial charge in [-0.2, -0.15) is 4.68 Å². The van der Waals surface area contributed by atoms with Crippen LogP contribution < -0.4 is 4.90 Å². The zero-order chi connectivity index (χ0) is 22.6. The molecule has 5 rings (SSSR count). The van der Waals surface area contributed by atoms with Crippen molar-refractivity contribution < 1.29 is 9.21 Å². The van der Waals surface area contributed by atoms with E-state index in [9.17, 15) is 4.79 Å². The van der Waals surface area contributed by atoms with E-state index in [0.717, 1.165) is 11.3 Å². The van der Waals surface area contributed by atoms with Gasteiger partial charge in [0.15, 0.2) is 11.7 Å². The lowest BCUT2D eigenvalue weighted by Crippen LogP contribution is -2.49. The number of hydrogen-bond acceptors (Lipinski definition) is 7. The van der Waals surface area contributed by atoms with Gasteiger partial charge in [0.2, 0.25) is 11.9 Å². The number of oxazole rings is 1. The largest absolute Gasteiger partial charge is 0.441 e. The summed E-state index contributed by atoms with van der Waals surface area (Å²) in [5, 5.41) is 12.8. The van der Waals surface area contributed by atoms with E-state index in [-0.39, 0.29) is 5.91 Å². The van der Waals surface area contributed by atoms with E-state index in [4.69, 9.17) is 16.0 Å². The smallest absolute Gasteiger partial charge is 0.250 e. The first-order valence-electron chi connectivity index (χ1n) is 10.7. The summed E-state index contributed by atoms with van der Waals surface area (Å²) in [6.45, 7) is 2.56. The molecule has 9 nitrogen and oxygen atoms in total. The molecule has 0 saturated carbocycles. The van der Waals surface area contributed by atoms with Gasteiger partial charge in [-0.15, -0.1) is 0 Å². The lowest BCUT2D eigenvalue weighted by atomic mass is 10.2. The van der Waals surface area contributed by atoms with Gasteiger partial charge in [-0.25, -0.2) is 4.98 Å². The van der Waals surface area contributed by atoms with Crippen molar-refractivity contribution in [1.29, 1.82) is 0 Å². The number of piperazine rings is 1. The van der Waals surface area contributed by atoms with Gasteiger partial charge in [-0.3, -0.25) is 4.79 Å². The van der Waals surface area contributed by atoms with E-state index in [1.807, 2.05) is 47.4 Å². The molecule has 2 aromatic heterocycles. The minimum Gasteiger partial charge on any atom is -0.441 e. The highest BCUT2D eigenvalue weighted by Crippen LogP contribution is 2.23. The first-order chi connectivity index (χ1) is 16.2. The SMILES string of the molecule is O=C(CCc1ncc(-c2ccc(Cl)cc2)o1)N1CCN(c2nnnn2-c2ccccc2)CC1. The molecule has 0 bridgehead atoms. The Morgan fingerprint density at radius 3 is 2.52 bits per heavy atom. The zero-order valence-corrected chi connectivity index (χ0v) is 18.6. The predicted molar refractivity (Wildman–Crippen MR) is 123 cm³/mol. The van der Waals surface area contributed by atoms with Gasteiger partial charge in [-0.05, 0) is 46.8 Å². The summed E-state index contributed by atoms with van der Waals surface area (Å²) in [5.74, 6) is 1.99. The number of para-hydroxylation sites is 1. The number of rotatable bonds is 6. The maximum absolute atomic E-state index is 12.7. The monoisotopic (exact) mass is 463 g/mol. The summed E-state index contributed by atoms with van der Waals surface area (Å²) in [7, 11) is 0. The third-order valence-electron chi connectivity index (χ3n) is 5.60. The Labute approximate surface area is 195 Å². The van der Waals surface area contributed by atoms with Crippen molar-refractivity contribution in [2.75, 3.05) is 31.1 Å². The van der Waals surface area contributed by atoms with E-state index >= 15 is 0 Å². The van der Waals surface area contributed by atoms with Crippen LogP contribution in [0.5, 0.6) is 0 Å². The molecule has 0 radical (unpaired) electrons. The predicted octanol–water partition coefficient (Wildman–Crippen LogP) is 3.25. The van der Waals surface area contributed by atoms with Crippen molar-refractivity contribution in [2.24, 2.45) is 0 Å². The fourth-order valence-corrected chi connectivity index (χ4v) is 3.94.